The first-order valence-corrected chi connectivity index (χ1v) is 19.4. The van der Waals surface area contributed by atoms with Gasteiger partial charge < -0.3 is 23.5 Å². The third-order valence-corrected chi connectivity index (χ3v) is 12.3. The fourth-order valence-corrected chi connectivity index (χ4v) is 9.48. The maximum atomic E-state index is 13.2. The topological polar surface area (TPSA) is 128 Å². The number of aromatic nitrogens is 2. The molecule has 0 bridgehead atoms. The summed E-state index contributed by atoms with van der Waals surface area (Å²) in [7, 11) is 1.99. The highest BCUT2D eigenvalue weighted by atomic mass is 31.2. The Morgan fingerprint density at radius 2 is 1.70 bits per heavy atom. The summed E-state index contributed by atoms with van der Waals surface area (Å²) < 4.78 is 36.2. The predicted octanol–water partition coefficient (Wildman–Crippen LogP) is 7.03. The molecule has 282 valence electrons. The van der Waals surface area contributed by atoms with Crippen molar-refractivity contribution in [2.24, 2.45) is 0 Å². The van der Waals surface area contributed by atoms with E-state index in [4.69, 9.17) is 23.5 Å². The Bertz CT molecular complexity index is 1850. The molecule has 4 atom stereocenters. The molecule has 3 aromatic rings. The molecule has 0 saturated carbocycles. The molecule has 1 saturated heterocycles. The van der Waals surface area contributed by atoms with Crippen LogP contribution in [0.4, 0.5) is 0 Å². The summed E-state index contributed by atoms with van der Waals surface area (Å²) in [6.07, 6.45) is 8.57. The van der Waals surface area contributed by atoms with Crippen LogP contribution in [0.1, 0.15) is 69.9 Å². The minimum absolute atomic E-state index is 0.0764. The van der Waals surface area contributed by atoms with Gasteiger partial charge in [0, 0.05) is 57.9 Å². The Balaban J connectivity index is 1.60. The van der Waals surface area contributed by atoms with E-state index in [-0.39, 0.29) is 24.3 Å². The maximum absolute atomic E-state index is 13.2. The molecule has 0 amide bonds. The van der Waals surface area contributed by atoms with Gasteiger partial charge in [-0.2, -0.15) is 5.26 Å². The van der Waals surface area contributed by atoms with Crippen LogP contribution in [0.25, 0.3) is 6.08 Å². The molecule has 1 aliphatic heterocycles. The van der Waals surface area contributed by atoms with Crippen molar-refractivity contribution in [3.05, 3.63) is 135 Å². The molecule has 1 unspecified atom stereocenters. The molecule has 1 fully saturated rings. The molecule has 5 rings (SSSR count). The fraction of sp³-hybridized carbons (Fsp3) is 0.439. The van der Waals surface area contributed by atoms with Gasteiger partial charge in [0.2, 0.25) is 0 Å². The van der Waals surface area contributed by atoms with Gasteiger partial charge in [-0.15, -0.1) is 0 Å². The van der Waals surface area contributed by atoms with Crippen LogP contribution in [-0.4, -0.2) is 71.3 Å². The van der Waals surface area contributed by atoms with Crippen LogP contribution in [-0.2, 0) is 29.1 Å². The molecule has 2 aliphatic rings. The van der Waals surface area contributed by atoms with Crippen LogP contribution in [0.5, 0.6) is 0 Å². The second-order valence-corrected chi connectivity index (χ2v) is 15.5. The number of nitriles is 1. The van der Waals surface area contributed by atoms with Crippen LogP contribution in [0, 0.1) is 11.3 Å². The number of aromatic amines is 1. The monoisotopic (exact) mass is 742 g/mol. The average molecular weight is 743 g/mol. The Kier molecular flexibility index (Phi) is 13.6. The van der Waals surface area contributed by atoms with E-state index in [9.17, 15) is 14.9 Å². The second kappa shape index (κ2) is 17.9. The van der Waals surface area contributed by atoms with Gasteiger partial charge in [0.25, 0.3) is 5.56 Å². The number of hydrogen-bond acceptors (Lipinski definition) is 9. The van der Waals surface area contributed by atoms with Gasteiger partial charge >= 0.3 is 5.69 Å². The van der Waals surface area contributed by atoms with E-state index in [0.717, 1.165) is 16.7 Å². The van der Waals surface area contributed by atoms with Crippen LogP contribution >= 0.6 is 8.30 Å². The van der Waals surface area contributed by atoms with E-state index in [1.807, 2.05) is 72.8 Å². The molecule has 1 aromatic heterocycles. The lowest BCUT2D eigenvalue weighted by molar-refractivity contribution is -0.168. The van der Waals surface area contributed by atoms with Gasteiger partial charge in [-0.1, -0.05) is 85.5 Å². The van der Waals surface area contributed by atoms with Gasteiger partial charge in [0.1, 0.15) is 26.2 Å². The number of methoxy groups -OCH3 is 2. The van der Waals surface area contributed by atoms with Crippen LogP contribution in [0.3, 0.4) is 0 Å². The molecule has 0 spiro atoms. The Hall–Kier alpha value is -3.98. The van der Waals surface area contributed by atoms with E-state index < -0.39 is 49.4 Å². The number of hydrogen-bond donors (Lipinski definition) is 1. The summed E-state index contributed by atoms with van der Waals surface area (Å²) in [6.45, 7) is 12.3. The van der Waals surface area contributed by atoms with Crippen molar-refractivity contribution >= 4 is 14.4 Å². The molecule has 12 heteroatoms. The zero-order valence-electron chi connectivity index (χ0n) is 31.4. The lowest BCUT2D eigenvalue weighted by Gasteiger charge is -2.41. The summed E-state index contributed by atoms with van der Waals surface area (Å²) in [4.78, 5) is 28.0. The summed E-state index contributed by atoms with van der Waals surface area (Å²) in [6, 6.07) is 22.7. The highest BCUT2D eigenvalue weighted by Gasteiger charge is 2.46. The molecule has 0 radical (unpaired) electrons. The molecule has 1 N–H and O–H groups in total. The number of nitrogens with one attached hydrogen (secondary N) is 1. The fourth-order valence-electron chi connectivity index (χ4n) is 7.18. The van der Waals surface area contributed by atoms with Gasteiger partial charge in [0.05, 0.1) is 24.3 Å². The standard InChI is InChI=1S/C41H51N4O7P/c1-8-31-27-44(39(47)43-38(31)46)37-26-35(52-53(25-15-24-42)45(29(2)3)30(4)5)36(51-37)28-50-41(32-16-11-9-12-17-32,33-18-13-10-14-19-33)34-20-22-40(48-6,49-7)23-21-34/h8-14,16-22,27,29-30,35-37H,1,15,23,25-26,28H2,2-7H3,(H,43,46,47)/t35-,36+,37+,53?/m0/s1. The summed E-state index contributed by atoms with van der Waals surface area (Å²) >= 11 is 0. The van der Waals surface area contributed by atoms with Crippen molar-refractivity contribution in [3.8, 4) is 6.07 Å². The Labute approximate surface area is 313 Å². The maximum Gasteiger partial charge on any atom is 0.330 e. The van der Waals surface area contributed by atoms with E-state index in [1.54, 1.807) is 14.2 Å². The highest BCUT2D eigenvalue weighted by molar-refractivity contribution is 7.50. The molecule has 2 heterocycles. The van der Waals surface area contributed by atoms with Crippen molar-refractivity contribution in [2.75, 3.05) is 27.0 Å². The van der Waals surface area contributed by atoms with Gasteiger partial charge in [-0.05, 0) is 50.5 Å². The average Bonchev–Trinajstić information content (AvgIpc) is 3.56. The van der Waals surface area contributed by atoms with Crippen molar-refractivity contribution in [1.29, 1.82) is 5.26 Å². The van der Waals surface area contributed by atoms with Crippen molar-refractivity contribution < 1.29 is 23.5 Å². The Morgan fingerprint density at radius 1 is 1.08 bits per heavy atom. The van der Waals surface area contributed by atoms with Gasteiger partial charge in [0.15, 0.2) is 5.79 Å². The van der Waals surface area contributed by atoms with Crippen LogP contribution in [0.15, 0.2) is 107 Å². The smallest absolute Gasteiger partial charge is 0.330 e. The quantitative estimate of drug-likeness (QED) is 0.115. The molecule has 1 aliphatic carbocycles. The third kappa shape index (κ3) is 8.72. The zero-order valence-corrected chi connectivity index (χ0v) is 32.3. The zero-order chi connectivity index (χ0) is 38.2. The number of ether oxygens (including phenoxy) is 4. The minimum Gasteiger partial charge on any atom is -0.358 e. The first-order chi connectivity index (χ1) is 25.5. The first kappa shape index (κ1) is 40.2. The number of rotatable bonds is 17. The normalized spacial score (nSPS) is 20.5. The van der Waals surface area contributed by atoms with Gasteiger partial charge in [-0.25, -0.2) is 4.79 Å². The largest absolute Gasteiger partial charge is 0.358 e. The third-order valence-electron chi connectivity index (χ3n) is 9.74. The summed E-state index contributed by atoms with van der Waals surface area (Å²) in [5.74, 6) is -0.906. The minimum atomic E-state index is -1.25. The van der Waals surface area contributed by atoms with Gasteiger partial charge in [-0.3, -0.25) is 19.0 Å². The molecule has 11 nitrogen and oxygen atoms in total. The number of benzene rings is 2. The highest BCUT2D eigenvalue weighted by Crippen LogP contribution is 2.50. The molecule has 53 heavy (non-hydrogen) atoms. The number of H-pyrrole nitrogens is 1. The van der Waals surface area contributed by atoms with Crippen molar-refractivity contribution in [2.45, 2.75) is 88.9 Å². The summed E-state index contributed by atoms with van der Waals surface area (Å²) in [5.41, 5.74) is 0.754. The molecule has 2 aromatic carbocycles. The van der Waals surface area contributed by atoms with E-state index in [2.05, 4.69) is 56.1 Å². The summed E-state index contributed by atoms with van der Waals surface area (Å²) in [5, 5.41) is 9.60. The van der Waals surface area contributed by atoms with E-state index in [1.165, 1.54) is 16.8 Å². The number of nitrogens with zero attached hydrogens (tertiary/aromatic N) is 3. The SMILES string of the molecule is C=Cc1cn([C@H]2C[C@H](OP(CCC#N)N(C(C)C)C(C)C)[C@@H](COC(C3=CCC(OC)(OC)C=C3)(c3ccccc3)c3ccccc3)O2)c(=O)[nH]c1=O. The van der Waals surface area contributed by atoms with E-state index >= 15 is 0 Å². The predicted molar refractivity (Wildman–Crippen MR) is 207 cm³/mol. The second-order valence-electron chi connectivity index (χ2n) is 13.7. The molecular formula is C41H51N4O7P. The van der Waals surface area contributed by atoms with Crippen molar-refractivity contribution in [3.63, 3.8) is 0 Å². The lowest BCUT2D eigenvalue weighted by atomic mass is 9.77. The first-order valence-electron chi connectivity index (χ1n) is 18.0. The van der Waals surface area contributed by atoms with Crippen LogP contribution < -0.4 is 11.2 Å². The Morgan fingerprint density at radius 3 is 2.21 bits per heavy atom. The lowest BCUT2D eigenvalue weighted by Crippen LogP contribution is -2.41. The molecular weight excluding hydrogens is 691 g/mol. The van der Waals surface area contributed by atoms with Crippen molar-refractivity contribution in [1.82, 2.24) is 14.2 Å². The van der Waals surface area contributed by atoms with E-state index in [0.29, 0.717) is 25.4 Å². The van der Waals surface area contributed by atoms with Crippen LogP contribution in [0.2, 0.25) is 0 Å².